The number of ether oxygens (including phenoxy) is 4. The van der Waals surface area contributed by atoms with Crippen LogP contribution in [0.4, 0.5) is 0 Å². The molecule has 0 rings (SSSR count). The Hall–Kier alpha value is -1.94. The van der Waals surface area contributed by atoms with Gasteiger partial charge in [0.1, 0.15) is 19.3 Å². The van der Waals surface area contributed by atoms with Crippen LogP contribution in [0.1, 0.15) is 389 Å². The van der Waals surface area contributed by atoms with E-state index < -0.39 is 97.5 Å². The SMILES string of the molecule is CCC(C)CCCCCCCCCCC(=O)OC[C@H](COP(=O)(O)OC[C@H](O)COP(=O)(O)OC[C@@H](COC(=O)CCCCCCCCCCCCC(C)C)OC(=O)CCCCCCCCCCCCCCCCCCC(C)C)OC(=O)CCCCCCCCCCC(C)CC. The maximum atomic E-state index is 13.1. The van der Waals surface area contributed by atoms with E-state index in [-0.39, 0.29) is 25.7 Å². The van der Waals surface area contributed by atoms with Crippen molar-refractivity contribution in [1.82, 2.24) is 0 Å². The van der Waals surface area contributed by atoms with E-state index in [2.05, 4.69) is 55.4 Å². The average Bonchev–Trinajstić information content (AvgIpc) is 1.59. The molecule has 17 nitrogen and oxygen atoms in total. The van der Waals surface area contributed by atoms with Crippen LogP contribution in [-0.4, -0.2) is 96.7 Å². The minimum absolute atomic E-state index is 0.104. The molecule has 0 aliphatic heterocycles. The summed E-state index contributed by atoms with van der Waals surface area (Å²) in [7, 11) is -9.92. The highest BCUT2D eigenvalue weighted by Gasteiger charge is 2.30. The molecule has 0 aromatic heterocycles. The molecule has 3 N–H and O–H groups in total. The van der Waals surface area contributed by atoms with E-state index in [1.54, 1.807) is 0 Å². The molecule has 7 atom stereocenters. The van der Waals surface area contributed by atoms with Crippen molar-refractivity contribution in [2.45, 2.75) is 408 Å². The zero-order valence-corrected chi connectivity index (χ0v) is 64.8. The second-order valence-corrected chi connectivity index (χ2v) is 32.1. The molecular weight excluding hydrogens is 1260 g/mol. The molecule has 0 aliphatic carbocycles. The number of unbranched alkanes of at least 4 members (excludes halogenated alkanes) is 38. The van der Waals surface area contributed by atoms with Crippen LogP contribution in [-0.2, 0) is 65.4 Å². The predicted octanol–water partition coefficient (Wildman–Crippen LogP) is 22.4. The molecule has 0 aromatic carbocycles. The fourth-order valence-electron chi connectivity index (χ4n) is 11.7. The van der Waals surface area contributed by atoms with Gasteiger partial charge < -0.3 is 33.8 Å². The van der Waals surface area contributed by atoms with Crippen molar-refractivity contribution >= 4 is 39.5 Å². The summed E-state index contributed by atoms with van der Waals surface area (Å²) in [4.78, 5) is 72.9. The summed E-state index contributed by atoms with van der Waals surface area (Å²) in [6.07, 6.45) is 51.2. The van der Waals surface area contributed by atoms with Gasteiger partial charge in [0, 0.05) is 25.7 Å². The topological polar surface area (TPSA) is 237 Å². The van der Waals surface area contributed by atoms with Crippen molar-refractivity contribution < 1.29 is 80.2 Å². The summed E-state index contributed by atoms with van der Waals surface area (Å²) >= 11 is 0. The van der Waals surface area contributed by atoms with Gasteiger partial charge >= 0.3 is 39.5 Å². The van der Waals surface area contributed by atoms with E-state index in [0.29, 0.717) is 25.7 Å². The van der Waals surface area contributed by atoms with E-state index >= 15 is 0 Å². The highest BCUT2D eigenvalue weighted by atomic mass is 31.2. The number of phosphoric ester groups is 2. The Kier molecular flexibility index (Phi) is 65.0. The fraction of sp³-hybridized carbons (Fsp3) is 0.948. The van der Waals surface area contributed by atoms with Crippen molar-refractivity contribution in [3.05, 3.63) is 0 Å². The minimum atomic E-state index is -4.96. The Labute approximate surface area is 588 Å². The van der Waals surface area contributed by atoms with Crippen molar-refractivity contribution in [2.75, 3.05) is 39.6 Å². The Balaban J connectivity index is 5.25. The minimum Gasteiger partial charge on any atom is -0.462 e. The number of rotatable bonds is 74. The van der Waals surface area contributed by atoms with Gasteiger partial charge in [-0.2, -0.15) is 0 Å². The second-order valence-electron chi connectivity index (χ2n) is 29.2. The molecule has 0 fully saturated rings. The molecule has 0 heterocycles. The number of hydrogen-bond acceptors (Lipinski definition) is 15. The number of aliphatic hydroxyl groups excluding tert-OH is 1. The maximum absolute atomic E-state index is 13.1. The first-order valence-corrected chi connectivity index (χ1v) is 42.8. The van der Waals surface area contributed by atoms with Crippen LogP contribution in [0.5, 0.6) is 0 Å². The monoisotopic (exact) mass is 1410 g/mol. The fourth-order valence-corrected chi connectivity index (χ4v) is 13.2. The summed E-state index contributed by atoms with van der Waals surface area (Å²) in [6.45, 7) is 14.2. The molecule has 0 spiro atoms. The van der Waals surface area contributed by atoms with E-state index in [1.165, 1.54) is 193 Å². The quantitative estimate of drug-likeness (QED) is 0.0222. The number of carbonyl (C=O) groups is 4. The maximum Gasteiger partial charge on any atom is 0.472 e. The van der Waals surface area contributed by atoms with Crippen LogP contribution in [0.15, 0.2) is 0 Å². The van der Waals surface area contributed by atoms with Crippen LogP contribution < -0.4 is 0 Å². The van der Waals surface area contributed by atoms with Gasteiger partial charge in [-0.1, -0.05) is 338 Å². The molecular formula is C77H150O17P2. The predicted molar refractivity (Wildman–Crippen MR) is 391 cm³/mol. The highest BCUT2D eigenvalue weighted by Crippen LogP contribution is 2.45. The zero-order valence-electron chi connectivity index (χ0n) is 63.0. The van der Waals surface area contributed by atoms with Crippen LogP contribution >= 0.6 is 15.6 Å². The Morgan fingerprint density at radius 1 is 0.292 bits per heavy atom. The third-order valence-corrected chi connectivity index (χ3v) is 20.4. The smallest absolute Gasteiger partial charge is 0.462 e. The summed E-state index contributed by atoms with van der Waals surface area (Å²) in [6, 6.07) is 0. The summed E-state index contributed by atoms with van der Waals surface area (Å²) in [5.41, 5.74) is 0. The lowest BCUT2D eigenvalue weighted by atomic mass is 9.99. The van der Waals surface area contributed by atoms with Crippen LogP contribution in [0.3, 0.4) is 0 Å². The molecule has 0 amide bonds. The first kappa shape index (κ1) is 94.1. The molecule has 0 aliphatic rings. The van der Waals surface area contributed by atoms with Crippen molar-refractivity contribution in [3.63, 3.8) is 0 Å². The Morgan fingerprint density at radius 3 is 0.740 bits per heavy atom. The van der Waals surface area contributed by atoms with Gasteiger partial charge in [-0.05, 0) is 49.4 Å². The van der Waals surface area contributed by atoms with Crippen molar-refractivity contribution in [3.8, 4) is 0 Å². The van der Waals surface area contributed by atoms with Gasteiger partial charge in [-0.3, -0.25) is 37.3 Å². The van der Waals surface area contributed by atoms with Gasteiger partial charge in [-0.15, -0.1) is 0 Å². The Bertz CT molecular complexity index is 1890. The molecule has 96 heavy (non-hydrogen) atoms. The lowest BCUT2D eigenvalue weighted by molar-refractivity contribution is -0.161. The molecule has 0 saturated heterocycles. The van der Waals surface area contributed by atoms with Crippen LogP contribution in [0.25, 0.3) is 0 Å². The molecule has 4 unspecified atom stereocenters. The van der Waals surface area contributed by atoms with Crippen molar-refractivity contribution in [1.29, 1.82) is 0 Å². The molecule has 0 bridgehead atoms. The normalized spacial score (nSPS) is 14.7. The first-order chi connectivity index (χ1) is 46.2. The third kappa shape index (κ3) is 67.9. The zero-order chi connectivity index (χ0) is 71.0. The second kappa shape index (κ2) is 66.3. The number of phosphoric acid groups is 2. The lowest BCUT2D eigenvalue weighted by Crippen LogP contribution is -2.30. The van der Waals surface area contributed by atoms with Gasteiger partial charge in [0.2, 0.25) is 0 Å². The van der Waals surface area contributed by atoms with E-state index in [4.69, 9.17) is 37.0 Å². The third-order valence-electron chi connectivity index (χ3n) is 18.5. The lowest BCUT2D eigenvalue weighted by Gasteiger charge is -2.21. The van der Waals surface area contributed by atoms with E-state index in [9.17, 15) is 43.2 Å². The van der Waals surface area contributed by atoms with Gasteiger partial charge in [0.15, 0.2) is 12.2 Å². The van der Waals surface area contributed by atoms with Crippen LogP contribution in [0.2, 0.25) is 0 Å². The molecule has 0 radical (unpaired) electrons. The summed E-state index contributed by atoms with van der Waals surface area (Å²) < 4.78 is 68.6. The van der Waals surface area contributed by atoms with Gasteiger partial charge in [0.25, 0.3) is 0 Å². The van der Waals surface area contributed by atoms with Crippen molar-refractivity contribution in [2.24, 2.45) is 23.7 Å². The Morgan fingerprint density at radius 2 is 0.500 bits per heavy atom. The molecule has 0 saturated carbocycles. The standard InChI is InChI=1S/C77H150O17P2/c1-9-69(7)55-47-39-31-25-27-34-42-50-58-75(80)88-64-73(94-77(82)60-52-44-36-28-26-32-40-48-56-70(8)10-2)66-92-96(85,86)90-62-71(78)61-89-95(83,84)91-65-72(63-87-74(79)57-49-41-33-23-20-19-22-30-38-46-54-68(5)6)93-76(81)59-51-43-35-24-18-16-14-12-11-13-15-17-21-29-37-45-53-67(3)4/h67-73,78H,9-66H2,1-8H3,(H,83,84)(H,85,86)/t69?,70?,71-,72-,73-/m1/s1. The van der Waals surface area contributed by atoms with Gasteiger partial charge in [-0.25, -0.2) is 9.13 Å². The summed E-state index contributed by atoms with van der Waals surface area (Å²) in [5.74, 6) is 0.994. The molecule has 570 valence electrons. The number of carbonyl (C=O) groups excluding carboxylic acids is 4. The average molecular weight is 1410 g/mol. The number of hydrogen-bond donors (Lipinski definition) is 3. The molecule has 19 heteroatoms. The van der Waals surface area contributed by atoms with E-state index in [1.807, 2.05) is 0 Å². The van der Waals surface area contributed by atoms with E-state index in [0.717, 1.165) is 114 Å². The molecule has 0 aromatic rings. The van der Waals surface area contributed by atoms with Gasteiger partial charge in [0.05, 0.1) is 26.4 Å². The largest absolute Gasteiger partial charge is 0.472 e. The number of aliphatic hydroxyl groups is 1. The highest BCUT2D eigenvalue weighted by molar-refractivity contribution is 7.47. The first-order valence-electron chi connectivity index (χ1n) is 39.8. The number of esters is 4. The van der Waals surface area contributed by atoms with Crippen LogP contribution in [0, 0.1) is 23.7 Å². The summed E-state index contributed by atoms with van der Waals surface area (Å²) in [5, 5.41) is 10.6.